The van der Waals surface area contributed by atoms with Crippen LogP contribution in [0.4, 0.5) is 4.39 Å². The molecule has 1 atom stereocenters. The van der Waals surface area contributed by atoms with Gasteiger partial charge >= 0.3 is 0 Å². The molecule has 0 aliphatic rings. The third kappa shape index (κ3) is 4.70. The first-order chi connectivity index (χ1) is 8.17. The second kappa shape index (κ2) is 7.23. The Hall–Kier alpha value is -1.15. The van der Waals surface area contributed by atoms with E-state index < -0.39 is 0 Å². The van der Waals surface area contributed by atoms with Gasteiger partial charge in [-0.05, 0) is 56.0 Å². The van der Waals surface area contributed by atoms with Gasteiger partial charge in [0.15, 0.2) is 0 Å². The van der Waals surface area contributed by atoms with Crippen LogP contribution in [0.3, 0.4) is 0 Å². The molecule has 0 saturated heterocycles. The third-order valence-corrected chi connectivity index (χ3v) is 2.77. The zero-order chi connectivity index (χ0) is 12.7. The second-order valence-electron chi connectivity index (χ2n) is 4.43. The van der Waals surface area contributed by atoms with Crippen LogP contribution in [0.15, 0.2) is 30.9 Å². The summed E-state index contributed by atoms with van der Waals surface area (Å²) in [5.41, 5.74) is 2.01. The number of benzene rings is 1. The molecule has 1 nitrogen and oxygen atoms in total. The highest BCUT2D eigenvalue weighted by molar-refractivity contribution is 5.26. The van der Waals surface area contributed by atoms with Crippen LogP contribution in [0.25, 0.3) is 0 Å². The summed E-state index contributed by atoms with van der Waals surface area (Å²) in [5.74, 6) is -0.151. The highest BCUT2D eigenvalue weighted by atomic mass is 19.1. The fourth-order valence-electron chi connectivity index (χ4n) is 1.96. The van der Waals surface area contributed by atoms with Crippen LogP contribution in [0.5, 0.6) is 0 Å². The van der Waals surface area contributed by atoms with E-state index in [0.717, 1.165) is 36.9 Å². The van der Waals surface area contributed by atoms with Crippen molar-refractivity contribution in [2.45, 2.75) is 39.2 Å². The van der Waals surface area contributed by atoms with Crippen LogP contribution < -0.4 is 5.32 Å². The van der Waals surface area contributed by atoms with Gasteiger partial charge in [0, 0.05) is 6.04 Å². The lowest BCUT2D eigenvalue weighted by molar-refractivity contribution is 0.499. The number of aryl methyl sites for hydroxylation is 1. The normalized spacial score (nSPS) is 12.4. The Morgan fingerprint density at radius 3 is 2.76 bits per heavy atom. The molecule has 0 amide bonds. The molecule has 0 aliphatic carbocycles. The topological polar surface area (TPSA) is 12.0 Å². The molecule has 0 heterocycles. The van der Waals surface area contributed by atoms with Crippen molar-refractivity contribution in [1.29, 1.82) is 0 Å². The standard InChI is InChI=1S/C15H22FN/c1-4-6-7-15(17-8-5-2)13-9-12(3)10-14(16)11-13/h4,9-11,15,17H,1,5-8H2,2-3H3. The average Bonchev–Trinajstić information content (AvgIpc) is 2.28. The zero-order valence-corrected chi connectivity index (χ0v) is 10.8. The quantitative estimate of drug-likeness (QED) is 0.700. The number of nitrogens with one attached hydrogen (secondary N) is 1. The molecule has 0 spiro atoms. The van der Waals surface area contributed by atoms with Crippen molar-refractivity contribution in [1.82, 2.24) is 5.32 Å². The van der Waals surface area contributed by atoms with E-state index in [0.29, 0.717) is 0 Å². The van der Waals surface area contributed by atoms with E-state index in [1.165, 1.54) is 0 Å². The van der Waals surface area contributed by atoms with Crippen molar-refractivity contribution in [3.05, 3.63) is 47.8 Å². The maximum absolute atomic E-state index is 13.4. The van der Waals surface area contributed by atoms with Crippen molar-refractivity contribution >= 4 is 0 Å². The predicted octanol–water partition coefficient (Wildman–Crippen LogP) is 4.14. The molecule has 0 radical (unpaired) electrons. The van der Waals surface area contributed by atoms with Crippen LogP contribution >= 0.6 is 0 Å². The van der Waals surface area contributed by atoms with Crippen LogP contribution in [-0.4, -0.2) is 6.54 Å². The summed E-state index contributed by atoms with van der Waals surface area (Å²) in [6.07, 6.45) is 4.90. The predicted molar refractivity (Wildman–Crippen MR) is 71.6 cm³/mol. The van der Waals surface area contributed by atoms with Gasteiger partial charge in [-0.1, -0.05) is 19.1 Å². The third-order valence-electron chi connectivity index (χ3n) is 2.77. The molecule has 94 valence electrons. The maximum Gasteiger partial charge on any atom is 0.123 e. The van der Waals surface area contributed by atoms with Gasteiger partial charge in [0.05, 0.1) is 0 Å². The molecule has 2 heteroatoms. The van der Waals surface area contributed by atoms with Crippen LogP contribution in [0.1, 0.15) is 43.4 Å². The summed E-state index contributed by atoms with van der Waals surface area (Å²) in [7, 11) is 0. The fourth-order valence-corrected chi connectivity index (χ4v) is 1.96. The van der Waals surface area contributed by atoms with Crippen LogP contribution in [-0.2, 0) is 0 Å². The molecule has 0 fully saturated rings. The number of hydrogen-bond acceptors (Lipinski definition) is 1. The van der Waals surface area contributed by atoms with Gasteiger partial charge in [-0.3, -0.25) is 0 Å². The van der Waals surface area contributed by atoms with Gasteiger partial charge in [0.25, 0.3) is 0 Å². The highest BCUT2D eigenvalue weighted by Crippen LogP contribution is 2.21. The number of rotatable bonds is 7. The minimum absolute atomic E-state index is 0.151. The molecule has 0 saturated carbocycles. The van der Waals surface area contributed by atoms with Crippen LogP contribution in [0.2, 0.25) is 0 Å². The fraction of sp³-hybridized carbons (Fsp3) is 0.467. The summed E-state index contributed by atoms with van der Waals surface area (Å²) < 4.78 is 13.4. The molecule has 0 bridgehead atoms. The summed E-state index contributed by atoms with van der Waals surface area (Å²) in [6.45, 7) is 8.76. The first kappa shape index (κ1) is 13.9. The van der Waals surface area contributed by atoms with Gasteiger partial charge in [-0.15, -0.1) is 6.58 Å². The van der Waals surface area contributed by atoms with Crippen molar-refractivity contribution in [3.8, 4) is 0 Å². The van der Waals surface area contributed by atoms with Gasteiger partial charge in [0.2, 0.25) is 0 Å². The average molecular weight is 235 g/mol. The van der Waals surface area contributed by atoms with E-state index in [1.807, 2.05) is 13.0 Å². The minimum atomic E-state index is -0.151. The highest BCUT2D eigenvalue weighted by Gasteiger charge is 2.11. The molecule has 1 N–H and O–H groups in total. The van der Waals surface area contributed by atoms with Gasteiger partial charge in [0.1, 0.15) is 5.82 Å². The number of halogens is 1. The Bertz CT molecular complexity index is 340. The monoisotopic (exact) mass is 235 g/mol. The Balaban J connectivity index is 2.82. The zero-order valence-electron chi connectivity index (χ0n) is 10.8. The molecular formula is C15H22FN. The van der Waals surface area contributed by atoms with E-state index in [1.54, 1.807) is 12.1 Å². The van der Waals surface area contributed by atoms with E-state index in [9.17, 15) is 4.39 Å². The Kier molecular flexibility index (Phi) is 5.92. The molecule has 17 heavy (non-hydrogen) atoms. The summed E-state index contributed by atoms with van der Waals surface area (Å²) in [4.78, 5) is 0. The van der Waals surface area contributed by atoms with Gasteiger partial charge in [-0.25, -0.2) is 4.39 Å². The number of hydrogen-bond donors (Lipinski definition) is 1. The lowest BCUT2D eigenvalue weighted by atomic mass is 10.00. The van der Waals surface area contributed by atoms with Gasteiger partial charge < -0.3 is 5.32 Å². The molecule has 1 unspecified atom stereocenters. The maximum atomic E-state index is 13.4. The molecule has 0 aromatic heterocycles. The van der Waals surface area contributed by atoms with Crippen molar-refractivity contribution in [2.24, 2.45) is 0 Å². The lowest BCUT2D eigenvalue weighted by Gasteiger charge is -2.19. The summed E-state index contributed by atoms with van der Waals surface area (Å²) >= 11 is 0. The summed E-state index contributed by atoms with van der Waals surface area (Å²) in [6, 6.07) is 5.47. The summed E-state index contributed by atoms with van der Waals surface area (Å²) in [5, 5.41) is 3.46. The number of allylic oxidation sites excluding steroid dienone is 1. The van der Waals surface area contributed by atoms with Gasteiger partial charge in [-0.2, -0.15) is 0 Å². The smallest absolute Gasteiger partial charge is 0.123 e. The minimum Gasteiger partial charge on any atom is -0.310 e. The van der Waals surface area contributed by atoms with E-state index in [-0.39, 0.29) is 11.9 Å². The Labute approximate surface area is 104 Å². The molecule has 1 aromatic carbocycles. The molecular weight excluding hydrogens is 213 g/mol. The second-order valence-corrected chi connectivity index (χ2v) is 4.43. The van der Waals surface area contributed by atoms with E-state index in [4.69, 9.17) is 0 Å². The van der Waals surface area contributed by atoms with E-state index >= 15 is 0 Å². The van der Waals surface area contributed by atoms with Crippen molar-refractivity contribution in [3.63, 3.8) is 0 Å². The molecule has 1 aromatic rings. The van der Waals surface area contributed by atoms with Crippen molar-refractivity contribution in [2.75, 3.05) is 6.54 Å². The Morgan fingerprint density at radius 1 is 1.41 bits per heavy atom. The first-order valence-corrected chi connectivity index (χ1v) is 6.28. The van der Waals surface area contributed by atoms with E-state index in [2.05, 4.69) is 24.9 Å². The first-order valence-electron chi connectivity index (χ1n) is 6.28. The van der Waals surface area contributed by atoms with Crippen molar-refractivity contribution < 1.29 is 4.39 Å². The largest absolute Gasteiger partial charge is 0.310 e. The lowest BCUT2D eigenvalue weighted by Crippen LogP contribution is -2.22. The molecule has 1 rings (SSSR count). The Morgan fingerprint density at radius 2 is 2.18 bits per heavy atom. The molecule has 0 aliphatic heterocycles. The van der Waals surface area contributed by atoms with Crippen LogP contribution in [0, 0.1) is 12.7 Å². The SMILES string of the molecule is C=CCCC(NCCC)c1cc(C)cc(F)c1.